The number of aromatic amines is 2. The maximum Gasteiger partial charge on any atom is 0.332 e. The van der Waals surface area contributed by atoms with E-state index in [9.17, 15) is 4.79 Å². The third-order valence-electron chi connectivity index (χ3n) is 3.85. The molecule has 0 aliphatic carbocycles. The second-order valence-corrected chi connectivity index (χ2v) is 5.21. The molecule has 0 aliphatic rings. The summed E-state index contributed by atoms with van der Waals surface area (Å²) in [5, 5.41) is 3.06. The number of rotatable bonds is 3. The Kier molecular flexibility index (Phi) is 3.01. The van der Waals surface area contributed by atoms with Crippen molar-refractivity contribution in [2.24, 2.45) is 0 Å². The van der Waals surface area contributed by atoms with E-state index < -0.39 is 0 Å². The highest BCUT2D eigenvalue weighted by Crippen LogP contribution is 2.28. The summed E-state index contributed by atoms with van der Waals surface area (Å²) in [7, 11) is 1.79. The van der Waals surface area contributed by atoms with Crippen molar-refractivity contribution in [2.75, 3.05) is 12.4 Å². The van der Waals surface area contributed by atoms with Gasteiger partial charge in [0.25, 0.3) is 0 Å². The molecule has 114 valence electrons. The highest BCUT2D eigenvalue weighted by atomic mass is 16.1. The highest BCUT2D eigenvalue weighted by Gasteiger charge is 2.16. The smallest absolute Gasteiger partial charge is 0.332 e. The average molecular weight is 305 g/mol. The Morgan fingerprint density at radius 2 is 1.96 bits per heavy atom. The van der Waals surface area contributed by atoms with Gasteiger partial charge < -0.3 is 10.3 Å². The Hall–Kier alpha value is -3.28. The molecule has 4 rings (SSSR count). The summed E-state index contributed by atoms with van der Waals surface area (Å²) in [6, 6.07) is 15.5. The molecule has 0 fully saturated rings. The third-order valence-corrected chi connectivity index (χ3v) is 3.85. The summed E-state index contributed by atoms with van der Waals surface area (Å²) in [6.07, 6.45) is 1.64. The van der Waals surface area contributed by atoms with E-state index in [1.54, 1.807) is 17.9 Å². The topological polar surface area (TPSA) is 78.5 Å². The Morgan fingerprint density at radius 1 is 1.13 bits per heavy atom. The summed E-state index contributed by atoms with van der Waals surface area (Å²) >= 11 is 0. The number of anilines is 1. The molecule has 2 aromatic heterocycles. The van der Waals surface area contributed by atoms with Crippen LogP contribution in [0.4, 0.5) is 5.82 Å². The lowest BCUT2D eigenvalue weighted by atomic mass is 10.1. The molecule has 0 unspecified atom stereocenters. The van der Waals surface area contributed by atoms with Crippen molar-refractivity contribution < 1.29 is 0 Å². The molecule has 0 amide bonds. The van der Waals surface area contributed by atoms with Crippen LogP contribution in [0.5, 0.6) is 0 Å². The molecule has 0 bridgehead atoms. The van der Waals surface area contributed by atoms with E-state index in [1.807, 2.05) is 48.5 Å². The Balaban J connectivity index is 2.01. The Labute approximate surface area is 131 Å². The van der Waals surface area contributed by atoms with Crippen LogP contribution in [0.3, 0.4) is 0 Å². The predicted molar refractivity (Wildman–Crippen MR) is 91.0 cm³/mol. The number of aromatic nitrogens is 4. The standard InChI is InChI=1S/C17H15N5O/c1-18-16-15(11-5-3-2-4-6-11)22(17(23)21-16)12-7-8-13-14(9-12)20-10-19-13/h2-10,18H,1H3,(H,19,20)(H,21,23). The van der Waals surface area contributed by atoms with Crippen LogP contribution < -0.4 is 11.0 Å². The summed E-state index contributed by atoms with van der Waals surface area (Å²) in [6.45, 7) is 0. The largest absolute Gasteiger partial charge is 0.373 e. The molecular formula is C17H15N5O. The van der Waals surface area contributed by atoms with E-state index >= 15 is 0 Å². The van der Waals surface area contributed by atoms with Gasteiger partial charge in [-0.25, -0.2) is 9.78 Å². The number of imidazole rings is 2. The molecular weight excluding hydrogens is 290 g/mol. The first kappa shape index (κ1) is 13.4. The first-order valence-corrected chi connectivity index (χ1v) is 7.29. The number of hydrogen-bond donors (Lipinski definition) is 3. The van der Waals surface area contributed by atoms with Crippen LogP contribution in [0.15, 0.2) is 59.7 Å². The number of hydrogen-bond acceptors (Lipinski definition) is 3. The number of nitrogens with one attached hydrogen (secondary N) is 3. The van der Waals surface area contributed by atoms with Gasteiger partial charge in [0.15, 0.2) is 0 Å². The van der Waals surface area contributed by atoms with Crippen LogP contribution in [0, 0.1) is 0 Å². The van der Waals surface area contributed by atoms with Crippen LogP contribution in [-0.2, 0) is 0 Å². The second-order valence-electron chi connectivity index (χ2n) is 5.21. The van der Waals surface area contributed by atoms with Crippen molar-refractivity contribution in [3.05, 3.63) is 65.3 Å². The van der Waals surface area contributed by atoms with Crippen molar-refractivity contribution in [1.82, 2.24) is 19.5 Å². The number of nitrogens with zero attached hydrogens (tertiary/aromatic N) is 2. The summed E-state index contributed by atoms with van der Waals surface area (Å²) in [5.41, 5.74) is 4.11. The van der Waals surface area contributed by atoms with Gasteiger partial charge in [-0.1, -0.05) is 30.3 Å². The lowest BCUT2D eigenvalue weighted by molar-refractivity contribution is 0.995. The van der Waals surface area contributed by atoms with Gasteiger partial charge in [-0.05, 0) is 18.2 Å². The molecule has 0 saturated carbocycles. The van der Waals surface area contributed by atoms with Gasteiger partial charge in [-0.3, -0.25) is 9.55 Å². The summed E-state index contributed by atoms with van der Waals surface area (Å²) < 4.78 is 1.67. The maximum absolute atomic E-state index is 12.5. The van der Waals surface area contributed by atoms with Gasteiger partial charge in [0.2, 0.25) is 0 Å². The van der Waals surface area contributed by atoms with Gasteiger partial charge in [0.05, 0.1) is 28.7 Å². The third kappa shape index (κ3) is 2.12. The van der Waals surface area contributed by atoms with Crippen molar-refractivity contribution in [2.45, 2.75) is 0 Å². The number of benzene rings is 2. The molecule has 6 nitrogen and oxygen atoms in total. The monoisotopic (exact) mass is 305 g/mol. The van der Waals surface area contributed by atoms with Gasteiger partial charge in [-0.2, -0.15) is 0 Å². The molecule has 2 heterocycles. The van der Waals surface area contributed by atoms with Crippen molar-refractivity contribution >= 4 is 16.9 Å². The first-order valence-electron chi connectivity index (χ1n) is 7.29. The lowest BCUT2D eigenvalue weighted by Gasteiger charge is -2.09. The molecule has 4 aromatic rings. The molecule has 0 radical (unpaired) electrons. The van der Waals surface area contributed by atoms with E-state index in [0.29, 0.717) is 5.82 Å². The predicted octanol–water partition coefficient (Wildman–Crippen LogP) is 2.75. The normalized spacial score (nSPS) is 11.0. The van der Waals surface area contributed by atoms with Crippen molar-refractivity contribution in [3.63, 3.8) is 0 Å². The van der Waals surface area contributed by atoms with Crippen LogP contribution >= 0.6 is 0 Å². The zero-order valence-electron chi connectivity index (χ0n) is 12.5. The van der Waals surface area contributed by atoms with Crippen LogP contribution in [0.25, 0.3) is 28.0 Å². The lowest BCUT2D eigenvalue weighted by Crippen LogP contribution is -2.15. The van der Waals surface area contributed by atoms with Crippen LogP contribution in [0.1, 0.15) is 0 Å². The average Bonchev–Trinajstić information content (AvgIpc) is 3.18. The zero-order chi connectivity index (χ0) is 15.8. The SMILES string of the molecule is CNc1[nH]c(=O)n(-c2ccc3nc[nH]c3c2)c1-c1ccccc1. The van der Waals surface area contributed by atoms with E-state index in [-0.39, 0.29) is 5.69 Å². The quantitative estimate of drug-likeness (QED) is 0.544. The van der Waals surface area contributed by atoms with E-state index in [2.05, 4.69) is 20.3 Å². The minimum Gasteiger partial charge on any atom is -0.373 e. The molecule has 6 heteroatoms. The Morgan fingerprint density at radius 3 is 2.74 bits per heavy atom. The maximum atomic E-state index is 12.5. The molecule has 3 N–H and O–H groups in total. The van der Waals surface area contributed by atoms with E-state index in [0.717, 1.165) is 28.0 Å². The molecule has 0 aliphatic heterocycles. The van der Waals surface area contributed by atoms with E-state index in [4.69, 9.17) is 0 Å². The minimum atomic E-state index is -0.188. The fourth-order valence-corrected chi connectivity index (χ4v) is 2.79. The molecule has 0 spiro atoms. The van der Waals surface area contributed by atoms with Gasteiger partial charge in [-0.15, -0.1) is 0 Å². The van der Waals surface area contributed by atoms with E-state index in [1.165, 1.54) is 0 Å². The first-order chi connectivity index (χ1) is 11.3. The van der Waals surface area contributed by atoms with Crippen molar-refractivity contribution in [3.8, 4) is 16.9 Å². The highest BCUT2D eigenvalue weighted by molar-refractivity contribution is 5.79. The molecule has 0 saturated heterocycles. The van der Waals surface area contributed by atoms with Gasteiger partial charge in [0.1, 0.15) is 5.82 Å². The number of H-pyrrole nitrogens is 2. The molecule has 2 aromatic carbocycles. The second kappa shape index (κ2) is 5.17. The molecule has 23 heavy (non-hydrogen) atoms. The van der Waals surface area contributed by atoms with Crippen LogP contribution in [-0.4, -0.2) is 26.6 Å². The molecule has 0 atom stereocenters. The van der Waals surface area contributed by atoms with Gasteiger partial charge in [0, 0.05) is 12.6 Å². The Bertz CT molecular complexity index is 1030. The summed E-state index contributed by atoms with van der Waals surface area (Å²) in [5.74, 6) is 0.686. The fourth-order valence-electron chi connectivity index (χ4n) is 2.79. The minimum absolute atomic E-state index is 0.188. The zero-order valence-corrected chi connectivity index (χ0v) is 12.5. The van der Waals surface area contributed by atoms with Gasteiger partial charge >= 0.3 is 5.69 Å². The fraction of sp³-hybridized carbons (Fsp3) is 0.0588. The summed E-state index contributed by atoms with van der Waals surface area (Å²) in [4.78, 5) is 22.7. The number of fused-ring (bicyclic) bond motifs is 1. The van der Waals surface area contributed by atoms with Crippen LogP contribution in [0.2, 0.25) is 0 Å². The van der Waals surface area contributed by atoms with Crippen molar-refractivity contribution in [1.29, 1.82) is 0 Å².